The van der Waals surface area contributed by atoms with Gasteiger partial charge in [-0.15, -0.1) is 0 Å². The first-order chi connectivity index (χ1) is 10.5. The number of aryl methyl sites for hydroxylation is 1. The van der Waals surface area contributed by atoms with E-state index in [4.69, 9.17) is 16.3 Å². The molecular formula is C16H18ClN3O2. The van der Waals surface area contributed by atoms with Gasteiger partial charge in [0, 0.05) is 6.20 Å². The lowest BCUT2D eigenvalue weighted by Crippen LogP contribution is -2.32. The highest BCUT2D eigenvalue weighted by Gasteiger charge is 2.15. The molecule has 22 heavy (non-hydrogen) atoms. The molecule has 116 valence electrons. The number of nitrogens with zero attached hydrogens (tertiary/aromatic N) is 1. The van der Waals surface area contributed by atoms with Crippen molar-refractivity contribution < 1.29 is 9.53 Å². The van der Waals surface area contributed by atoms with Crippen LogP contribution in [0.3, 0.4) is 0 Å². The van der Waals surface area contributed by atoms with E-state index in [1.54, 1.807) is 26.2 Å². The topological polar surface area (TPSA) is 63.2 Å². The summed E-state index contributed by atoms with van der Waals surface area (Å²) in [5, 5.41) is 6.39. The van der Waals surface area contributed by atoms with Gasteiger partial charge in [-0.3, -0.25) is 4.79 Å². The van der Waals surface area contributed by atoms with Crippen LogP contribution >= 0.6 is 11.6 Å². The second-order valence-electron chi connectivity index (χ2n) is 4.92. The van der Waals surface area contributed by atoms with Gasteiger partial charge in [-0.05, 0) is 43.7 Å². The van der Waals surface area contributed by atoms with E-state index in [-0.39, 0.29) is 5.91 Å². The maximum atomic E-state index is 12.2. The summed E-state index contributed by atoms with van der Waals surface area (Å²) in [4.78, 5) is 16.2. The average Bonchev–Trinajstić information content (AvgIpc) is 2.49. The van der Waals surface area contributed by atoms with E-state index < -0.39 is 6.04 Å². The minimum Gasteiger partial charge on any atom is -0.495 e. The van der Waals surface area contributed by atoms with E-state index in [2.05, 4.69) is 15.6 Å². The second kappa shape index (κ2) is 7.13. The summed E-state index contributed by atoms with van der Waals surface area (Å²) in [6.07, 6.45) is 1.48. The van der Waals surface area contributed by atoms with Crippen molar-refractivity contribution in [3.63, 3.8) is 0 Å². The lowest BCUT2D eigenvalue weighted by molar-refractivity contribution is -0.116. The molecule has 0 fully saturated rings. The van der Waals surface area contributed by atoms with Gasteiger partial charge in [-0.25, -0.2) is 4.98 Å². The molecule has 1 heterocycles. The Morgan fingerprint density at radius 1 is 1.32 bits per heavy atom. The number of hydrogen-bond donors (Lipinski definition) is 2. The second-order valence-corrected chi connectivity index (χ2v) is 5.36. The SMILES string of the molecule is COc1ccc(C)cc1N[C@H](C)C(=O)Nc1ccc(Cl)cn1. The zero-order valence-corrected chi connectivity index (χ0v) is 13.4. The summed E-state index contributed by atoms with van der Waals surface area (Å²) in [5.41, 5.74) is 1.85. The lowest BCUT2D eigenvalue weighted by Gasteiger charge is -2.17. The van der Waals surface area contributed by atoms with Crippen molar-refractivity contribution in [1.82, 2.24) is 4.98 Å². The predicted octanol–water partition coefficient (Wildman–Crippen LogP) is 3.49. The molecule has 0 unspecified atom stereocenters. The Morgan fingerprint density at radius 2 is 2.09 bits per heavy atom. The highest BCUT2D eigenvalue weighted by Crippen LogP contribution is 2.26. The fraction of sp³-hybridized carbons (Fsp3) is 0.250. The predicted molar refractivity (Wildman–Crippen MR) is 88.7 cm³/mol. The molecule has 5 nitrogen and oxygen atoms in total. The van der Waals surface area contributed by atoms with E-state index in [0.29, 0.717) is 16.6 Å². The van der Waals surface area contributed by atoms with Gasteiger partial charge in [0.2, 0.25) is 5.91 Å². The van der Waals surface area contributed by atoms with Crippen molar-refractivity contribution in [3.05, 3.63) is 47.1 Å². The lowest BCUT2D eigenvalue weighted by atomic mass is 10.2. The minimum atomic E-state index is -0.451. The van der Waals surface area contributed by atoms with Crippen LogP contribution in [0, 0.1) is 6.92 Å². The van der Waals surface area contributed by atoms with Crippen LogP contribution in [0.4, 0.5) is 11.5 Å². The largest absolute Gasteiger partial charge is 0.495 e. The van der Waals surface area contributed by atoms with Gasteiger partial charge < -0.3 is 15.4 Å². The van der Waals surface area contributed by atoms with Gasteiger partial charge in [0.25, 0.3) is 0 Å². The number of benzene rings is 1. The minimum absolute atomic E-state index is 0.196. The number of halogens is 1. The smallest absolute Gasteiger partial charge is 0.247 e. The van der Waals surface area contributed by atoms with Gasteiger partial charge in [0.05, 0.1) is 17.8 Å². The maximum Gasteiger partial charge on any atom is 0.247 e. The van der Waals surface area contributed by atoms with Crippen molar-refractivity contribution in [1.29, 1.82) is 0 Å². The zero-order valence-electron chi connectivity index (χ0n) is 12.7. The Hall–Kier alpha value is -2.27. The van der Waals surface area contributed by atoms with Gasteiger partial charge >= 0.3 is 0 Å². The Bertz CT molecular complexity index is 659. The fourth-order valence-corrected chi connectivity index (χ4v) is 2.03. The quantitative estimate of drug-likeness (QED) is 0.885. The Balaban J connectivity index is 2.05. The third-order valence-electron chi connectivity index (χ3n) is 3.10. The summed E-state index contributed by atoms with van der Waals surface area (Å²) in [6, 6.07) is 8.62. The molecule has 0 bridgehead atoms. The van der Waals surface area contributed by atoms with Crippen LogP contribution in [0.25, 0.3) is 0 Å². The van der Waals surface area contributed by atoms with Crippen LogP contribution in [0.5, 0.6) is 5.75 Å². The highest BCUT2D eigenvalue weighted by atomic mass is 35.5. The molecule has 6 heteroatoms. The van der Waals surface area contributed by atoms with Crippen molar-refractivity contribution >= 4 is 29.0 Å². The van der Waals surface area contributed by atoms with Gasteiger partial charge in [-0.1, -0.05) is 17.7 Å². The van der Waals surface area contributed by atoms with Crippen molar-refractivity contribution in [2.24, 2.45) is 0 Å². The Morgan fingerprint density at radius 3 is 2.73 bits per heavy atom. The summed E-state index contributed by atoms with van der Waals surface area (Å²) in [7, 11) is 1.60. The highest BCUT2D eigenvalue weighted by molar-refractivity contribution is 6.30. The van der Waals surface area contributed by atoms with Crippen LogP contribution in [-0.2, 0) is 4.79 Å². The van der Waals surface area contributed by atoms with Crippen LogP contribution in [-0.4, -0.2) is 24.0 Å². The third-order valence-corrected chi connectivity index (χ3v) is 3.32. The number of amides is 1. The number of pyridine rings is 1. The summed E-state index contributed by atoms with van der Waals surface area (Å²) in [6.45, 7) is 3.75. The molecule has 0 saturated carbocycles. The van der Waals surface area contributed by atoms with Crippen molar-refractivity contribution in [2.45, 2.75) is 19.9 Å². The number of ether oxygens (including phenoxy) is 1. The fourth-order valence-electron chi connectivity index (χ4n) is 1.92. The molecule has 1 amide bonds. The van der Waals surface area contributed by atoms with Gasteiger partial charge in [0.1, 0.15) is 17.6 Å². The molecule has 0 aliphatic rings. The zero-order chi connectivity index (χ0) is 16.1. The first kappa shape index (κ1) is 16.1. The number of nitrogens with one attached hydrogen (secondary N) is 2. The molecule has 1 aromatic carbocycles. The van der Waals surface area contributed by atoms with E-state index in [9.17, 15) is 4.79 Å². The number of methoxy groups -OCH3 is 1. The van der Waals surface area contributed by atoms with E-state index in [1.165, 1.54) is 6.20 Å². The van der Waals surface area contributed by atoms with Crippen LogP contribution in [0.1, 0.15) is 12.5 Å². The van der Waals surface area contributed by atoms with E-state index >= 15 is 0 Å². The molecule has 0 saturated heterocycles. The van der Waals surface area contributed by atoms with Crippen LogP contribution in [0.15, 0.2) is 36.5 Å². The summed E-state index contributed by atoms with van der Waals surface area (Å²) < 4.78 is 5.29. The molecule has 0 aliphatic carbocycles. The number of rotatable bonds is 5. The normalized spacial score (nSPS) is 11.6. The molecule has 1 atom stereocenters. The number of anilines is 2. The molecule has 2 rings (SSSR count). The molecule has 2 aromatic rings. The Labute approximate surface area is 134 Å². The average molecular weight is 320 g/mol. The molecule has 1 aromatic heterocycles. The molecule has 2 N–H and O–H groups in total. The molecule has 0 radical (unpaired) electrons. The Kier molecular flexibility index (Phi) is 5.22. The number of carbonyl (C=O) groups is 1. The van der Waals surface area contributed by atoms with Gasteiger partial charge in [0.15, 0.2) is 0 Å². The monoisotopic (exact) mass is 319 g/mol. The number of hydrogen-bond acceptors (Lipinski definition) is 4. The van der Waals surface area contributed by atoms with E-state index in [1.807, 2.05) is 25.1 Å². The summed E-state index contributed by atoms with van der Waals surface area (Å²) >= 11 is 5.76. The number of aromatic nitrogens is 1. The first-order valence-corrected chi connectivity index (χ1v) is 7.21. The third kappa shape index (κ3) is 4.11. The maximum absolute atomic E-state index is 12.2. The molecular weight excluding hydrogens is 302 g/mol. The van der Waals surface area contributed by atoms with E-state index in [0.717, 1.165) is 11.3 Å². The number of carbonyl (C=O) groups excluding carboxylic acids is 1. The van der Waals surface area contributed by atoms with Gasteiger partial charge in [-0.2, -0.15) is 0 Å². The standard InChI is InChI=1S/C16H18ClN3O2/c1-10-4-6-14(22-3)13(8-10)19-11(2)16(21)20-15-7-5-12(17)9-18-15/h4-9,11,19H,1-3H3,(H,18,20,21)/t11-/m1/s1. The molecule has 0 aliphatic heterocycles. The van der Waals surface area contributed by atoms with Crippen LogP contribution in [0.2, 0.25) is 5.02 Å². The summed E-state index contributed by atoms with van der Waals surface area (Å²) in [5.74, 6) is 0.951. The van der Waals surface area contributed by atoms with Crippen LogP contribution < -0.4 is 15.4 Å². The molecule has 0 spiro atoms. The van der Waals surface area contributed by atoms with Crippen molar-refractivity contribution in [2.75, 3.05) is 17.7 Å². The van der Waals surface area contributed by atoms with Crippen molar-refractivity contribution in [3.8, 4) is 5.75 Å². The first-order valence-electron chi connectivity index (χ1n) is 6.83.